The summed E-state index contributed by atoms with van der Waals surface area (Å²) in [6.45, 7) is -3.40. The van der Waals surface area contributed by atoms with Gasteiger partial charge in [0.05, 0.1) is 9.90 Å². The van der Waals surface area contributed by atoms with Gasteiger partial charge >= 0.3 is 12.4 Å². The fourth-order valence-corrected chi connectivity index (χ4v) is 2.88. The molecule has 0 saturated heterocycles. The second-order valence-electron chi connectivity index (χ2n) is 4.88. The second-order valence-corrected chi connectivity index (χ2v) is 6.23. The molecule has 0 atom stereocenters. The van der Waals surface area contributed by atoms with Gasteiger partial charge in [-0.1, -0.05) is 17.7 Å². The van der Waals surface area contributed by atoms with Crippen LogP contribution >= 0.6 is 22.9 Å². The number of nitrogens with zero attached hydrogens (tertiary/aromatic N) is 2. The van der Waals surface area contributed by atoms with E-state index in [4.69, 9.17) is 16.0 Å². The number of hydrogen-bond donors (Lipinski definition) is 1. The minimum Gasteiger partial charge on any atom is -0.433 e. The first-order valence-electron chi connectivity index (χ1n) is 7.08. The summed E-state index contributed by atoms with van der Waals surface area (Å²) >= 11 is 7.15. The average Bonchev–Trinajstić information content (AvgIpc) is 3.20. The van der Waals surface area contributed by atoms with Crippen molar-refractivity contribution in [2.75, 3.05) is 5.32 Å². The van der Waals surface area contributed by atoms with Gasteiger partial charge in [0.25, 0.3) is 5.89 Å². The normalized spacial score (nSPS) is 10.9. The third-order valence-electron chi connectivity index (χ3n) is 3.06. The molecule has 3 aromatic rings. The standard InChI is InChI=1S/C15H10ClF2N3O4S/c16-9-6-8(3-4-10(9)24-14(17)18)19-12(22)7-21-15(23)25-13(20-21)11-2-1-5-26-11/h1-6,14H,7H2,(H,19,22). The first-order chi connectivity index (χ1) is 12.4. The minimum atomic E-state index is -3.01. The Labute approximate surface area is 153 Å². The zero-order valence-electron chi connectivity index (χ0n) is 12.8. The molecule has 11 heteroatoms. The molecule has 1 amide bonds. The number of alkyl halides is 2. The van der Waals surface area contributed by atoms with Crippen LogP contribution in [0.3, 0.4) is 0 Å². The number of hydrogen-bond acceptors (Lipinski definition) is 6. The van der Waals surface area contributed by atoms with Crippen LogP contribution in [-0.4, -0.2) is 22.3 Å². The van der Waals surface area contributed by atoms with Crippen molar-refractivity contribution in [3.63, 3.8) is 0 Å². The van der Waals surface area contributed by atoms with E-state index in [1.54, 1.807) is 17.5 Å². The van der Waals surface area contributed by atoms with Crippen molar-refractivity contribution >= 4 is 34.5 Å². The first kappa shape index (κ1) is 18.1. The summed E-state index contributed by atoms with van der Waals surface area (Å²) in [6.07, 6.45) is 0. The van der Waals surface area contributed by atoms with E-state index < -0.39 is 18.3 Å². The van der Waals surface area contributed by atoms with Gasteiger partial charge in [0, 0.05) is 5.69 Å². The highest BCUT2D eigenvalue weighted by molar-refractivity contribution is 7.13. The third kappa shape index (κ3) is 4.27. The van der Waals surface area contributed by atoms with Crippen LogP contribution in [-0.2, 0) is 11.3 Å². The van der Waals surface area contributed by atoms with Crippen molar-refractivity contribution in [1.29, 1.82) is 0 Å². The smallest absolute Gasteiger partial charge is 0.433 e. The maximum Gasteiger partial charge on any atom is 0.437 e. The van der Waals surface area contributed by atoms with Crippen molar-refractivity contribution in [3.05, 3.63) is 51.3 Å². The lowest BCUT2D eigenvalue weighted by atomic mass is 10.3. The molecule has 0 aliphatic heterocycles. The Morgan fingerprint density at radius 2 is 2.23 bits per heavy atom. The van der Waals surface area contributed by atoms with E-state index in [1.165, 1.54) is 29.5 Å². The molecule has 26 heavy (non-hydrogen) atoms. The summed E-state index contributed by atoms with van der Waals surface area (Å²) in [5.41, 5.74) is 0.247. The lowest BCUT2D eigenvalue weighted by Crippen LogP contribution is -2.25. The first-order valence-corrected chi connectivity index (χ1v) is 8.34. The predicted octanol–water partition coefficient (Wildman–Crippen LogP) is 3.46. The van der Waals surface area contributed by atoms with E-state index in [0.717, 1.165) is 4.68 Å². The summed E-state index contributed by atoms with van der Waals surface area (Å²) < 4.78 is 34.5. The highest BCUT2D eigenvalue weighted by atomic mass is 35.5. The molecule has 136 valence electrons. The Balaban J connectivity index is 1.68. The summed E-state index contributed by atoms with van der Waals surface area (Å²) in [5, 5.41) is 8.14. The van der Waals surface area contributed by atoms with Crippen molar-refractivity contribution < 1.29 is 22.7 Å². The Morgan fingerprint density at radius 3 is 2.88 bits per heavy atom. The molecule has 0 aliphatic rings. The fourth-order valence-electron chi connectivity index (χ4n) is 2.01. The van der Waals surface area contributed by atoms with Gasteiger partial charge in [0.1, 0.15) is 12.3 Å². The number of rotatable bonds is 6. The van der Waals surface area contributed by atoms with E-state index in [-0.39, 0.29) is 28.9 Å². The molecule has 7 nitrogen and oxygen atoms in total. The topological polar surface area (TPSA) is 86.4 Å². The minimum absolute atomic E-state index is 0.0957. The van der Waals surface area contributed by atoms with Gasteiger partial charge in [-0.2, -0.15) is 13.5 Å². The Kier molecular flexibility index (Phi) is 5.33. The number of nitrogens with one attached hydrogen (secondary N) is 1. The number of benzene rings is 1. The Morgan fingerprint density at radius 1 is 1.42 bits per heavy atom. The SMILES string of the molecule is O=C(Cn1nc(-c2cccs2)oc1=O)Nc1ccc(OC(F)F)c(Cl)c1. The van der Waals surface area contributed by atoms with E-state index in [0.29, 0.717) is 4.88 Å². The fraction of sp³-hybridized carbons (Fsp3) is 0.133. The molecular weight excluding hydrogens is 392 g/mol. The van der Waals surface area contributed by atoms with Crippen molar-refractivity contribution in [1.82, 2.24) is 9.78 Å². The van der Waals surface area contributed by atoms with Crippen LogP contribution in [0.4, 0.5) is 14.5 Å². The molecule has 0 saturated carbocycles. The molecule has 3 rings (SSSR count). The zero-order valence-corrected chi connectivity index (χ0v) is 14.4. The monoisotopic (exact) mass is 401 g/mol. The molecule has 0 aliphatic carbocycles. The number of carbonyl (C=O) groups excluding carboxylic acids is 1. The van der Waals surface area contributed by atoms with Gasteiger partial charge in [-0.15, -0.1) is 16.4 Å². The lowest BCUT2D eigenvalue weighted by molar-refractivity contribution is -0.117. The van der Waals surface area contributed by atoms with Crippen molar-refractivity contribution in [2.45, 2.75) is 13.2 Å². The number of carbonyl (C=O) groups is 1. The van der Waals surface area contributed by atoms with Crippen molar-refractivity contribution in [3.8, 4) is 16.5 Å². The van der Waals surface area contributed by atoms with Crippen LogP contribution in [0.2, 0.25) is 5.02 Å². The van der Waals surface area contributed by atoms with E-state index >= 15 is 0 Å². The maximum absolute atomic E-state index is 12.2. The third-order valence-corrected chi connectivity index (χ3v) is 4.22. The number of halogens is 3. The molecule has 0 fully saturated rings. The van der Waals surface area contributed by atoms with Gasteiger partial charge in [-0.3, -0.25) is 4.79 Å². The number of aromatic nitrogens is 2. The van der Waals surface area contributed by atoms with Gasteiger partial charge in [0.2, 0.25) is 5.91 Å². The van der Waals surface area contributed by atoms with Gasteiger partial charge < -0.3 is 14.5 Å². The van der Waals surface area contributed by atoms with Crippen molar-refractivity contribution in [2.24, 2.45) is 0 Å². The quantitative estimate of drug-likeness (QED) is 0.683. The highest BCUT2D eigenvalue weighted by Crippen LogP contribution is 2.29. The number of amides is 1. The Bertz CT molecular complexity index is 972. The van der Waals surface area contributed by atoms with Gasteiger partial charge in [-0.05, 0) is 29.6 Å². The summed E-state index contributed by atoms with van der Waals surface area (Å²) in [7, 11) is 0. The molecule has 0 unspecified atom stereocenters. The molecule has 1 aromatic carbocycles. The van der Waals surface area contributed by atoms with Crippen LogP contribution in [0, 0.1) is 0 Å². The second kappa shape index (κ2) is 7.67. The van der Waals surface area contributed by atoms with Crippen LogP contribution in [0.1, 0.15) is 0 Å². The van der Waals surface area contributed by atoms with Crippen LogP contribution in [0.25, 0.3) is 10.8 Å². The molecule has 0 spiro atoms. The van der Waals surface area contributed by atoms with Gasteiger partial charge in [-0.25, -0.2) is 4.79 Å². The summed E-state index contributed by atoms with van der Waals surface area (Å²) in [6, 6.07) is 7.29. The predicted molar refractivity (Wildman–Crippen MR) is 90.8 cm³/mol. The molecule has 0 radical (unpaired) electrons. The number of thiophene rings is 1. The molecule has 1 N–H and O–H groups in total. The highest BCUT2D eigenvalue weighted by Gasteiger charge is 2.15. The zero-order chi connectivity index (χ0) is 18.7. The number of anilines is 1. The van der Waals surface area contributed by atoms with Crippen LogP contribution in [0.5, 0.6) is 5.75 Å². The lowest BCUT2D eigenvalue weighted by Gasteiger charge is -2.09. The molecule has 2 heterocycles. The maximum atomic E-state index is 12.2. The van der Waals surface area contributed by atoms with Gasteiger partial charge in [0.15, 0.2) is 0 Å². The van der Waals surface area contributed by atoms with Crippen LogP contribution in [0.15, 0.2) is 44.9 Å². The van der Waals surface area contributed by atoms with E-state index in [1.807, 2.05) is 0 Å². The molecule has 2 aromatic heterocycles. The average molecular weight is 402 g/mol. The Hall–Kier alpha value is -2.72. The van der Waals surface area contributed by atoms with Crippen LogP contribution < -0.4 is 15.8 Å². The molecule has 0 bridgehead atoms. The number of ether oxygens (including phenoxy) is 1. The molecular formula is C15H10ClF2N3O4S. The van der Waals surface area contributed by atoms with E-state index in [2.05, 4.69) is 15.2 Å². The van der Waals surface area contributed by atoms with E-state index in [9.17, 15) is 18.4 Å². The summed E-state index contributed by atoms with van der Waals surface area (Å²) in [4.78, 5) is 24.5. The summed E-state index contributed by atoms with van der Waals surface area (Å²) in [5.74, 6) is -1.44. The largest absolute Gasteiger partial charge is 0.437 e.